The number of benzene rings is 2. The predicted molar refractivity (Wildman–Crippen MR) is 126 cm³/mol. The Bertz CT molecular complexity index is 1060. The molecule has 0 unspecified atom stereocenters. The molecule has 2 aromatic carbocycles. The molecular formula is C26H31N2O6+. The van der Waals surface area contributed by atoms with Gasteiger partial charge in [0.15, 0.2) is 0 Å². The van der Waals surface area contributed by atoms with E-state index in [1.165, 1.54) is 21.9 Å². The van der Waals surface area contributed by atoms with E-state index in [1.54, 1.807) is 36.4 Å². The fraction of sp³-hybridized carbons (Fsp3) is 0.385. The van der Waals surface area contributed by atoms with E-state index in [9.17, 15) is 19.8 Å². The zero-order valence-corrected chi connectivity index (χ0v) is 19.5. The highest BCUT2D eigenvalue weighted by atomic mass is 16.5. The number of hydrogen-bond donors (Lipinski definition) is 3. The Kier molecular flexibility index (Phi) is 7.19. The van der Waals surface area contributed by atoms with Crippen molar-refractivity contribution in [2.45, 2.75) is 26.0 Å². The van der Waals surface area contributed by atoms with E-state index in [0.29, 0.717) is 43.2 Å². The molecule has 4 rings (SSSR count). The lowest BCUT2D eigenvalue weighted by Crippen LogP contribution is -3.14. The molecule has 2 fully saturated rings. The number of phenolic OH excluding ortho intramolecular Hbond substituents is 1. The van der Waals surface area contributed by atoms with Crippen LogP contribution < -0.4 is 9.64 Å². The van der Waals surface area contributed by atoms with E-state index in [2.05, 4.69) is 0 Å². The summed E-state index contributed by atoms with van der Waals surface area (Å²) >= 11 is 0. The normalized spacial score (nSPS) is 20.8. The number of Topliss-reactive ketones (excluding diaryl/α,β-unsaturated/α-hetero) is 1. The van der Waals surface area contributed by atoms with Crippen LogP contribution in [0.25, 0.3) is 5.76 Å². The molecule has 2 aliphatic rings. The number of aliphatic hydroxyl groups excluding tert-OH is 1. The van der Waals surface area contributed by atoms with Crippen LogP contribution in [-0.2, 0) is 14.3 Å². The number of ketones is 1. The van der Waals surface area contributed by atoms with Gasteiger partial charge in [-0.15, -0.1) is 0 Å². The number of carbonyl (C=O) groups excluding carboxylic acids is 2. The molecule has 0 aliphatic carbocycles. The third kappa shape index (κ3) is 5.08. The highest BCUT2D eigenvalue weighted by molar-refractivity contribution is 6.46. The number of ether oxygens (including phenoxy) is 2. The maximum absolute atomic E-state index is 13.1. The first-order chi connectivity index (χ1) is 16.3. The van der Waals surface area contributed by atoms with Crippen molar-refractivity contribution in [3.63, 3.8) is 0 Å². The largest absolute Gasteiger partial charge is 0.508 e. The summed E-state index contributed by atoms with van der Waals surface area (Å²) in [5, 5.41) is 20.9. The third-order valence-corrected chi connectivity index (χ3v) is 6.15. The molecule has 2 aromatic rings. The minimum atomic E-state index is -0.743. The van der Waals surface area contributed by atoms with E-state index >= 15 is 0 Å². The first kappa shape index (κ1) is 23.8. The molecule has 0 spiro atoms. The molecule has 2 aliphatic heterocycles. The summed E-state index contributed by atoms with van der Waals surface area (Å²) < 4.78 is 11.1. The molecule has 3 N–H and O–H groups in total. The summed E-state index contributed by atoms with van der Waals surface area (Å²) in [7, 11) is 0. The smallest absolute Gasteiger partial charge is 0.295 e. The van der Waals surface area contributed by atoms with Gasteiger partial charge in [-0.2, -0.15) is 0 Å². The molecule has 0 aromatic heterocycles. The maximum atomic E-state index is 13.1. The Morgan fingerprint density at radius 3 is 2.35 bits per heavy atom. The lowest BCUT2D eigenvalue weighted by molar-refractivity contribution is -0.907. The molecule has 180 valence electrons. The van der Waals surface area contributed by atoms with Gasteiger partial charge in [0.05, 0.1) is 44.0 Å². The van der Waals surface area contributed by atoms with Crippen LogP contribution in [0.5, 0.6) is 11.5 Å². The second kappa shape index (κ2) is 10.3. The standard InChI is InChI=1S/C26H30N2O6/c1-17(2)34-21-9-5-19(6-10-21)24(30)22-23(18-3-7-20(29)8-4-18)28(26(32)25(22)31)12-11-27-13-15-33-16-14-27/h3-10,17,23,29-30H,11-16H2,1-2H3/p+1/t23-/m1/s1. The molecule has 2 saturated heterocycles. The number of morpholine rings is 1. The molecule has 0 saturated carbocycles. The van der Waals surface area contributed by atoms with Gasteiger partial charge in [-0.25, -0.2) is 0 Å². The monoisotopic (exact) mass is 467 g/mol. The number of likely N-dealkylation sites (tertiary alicyclic amines) is 1. The fourth-order valence-corrected chi connectivity index (χ4v) is 4.42. The van der Waals surface area contributed by atoms with Crippen molar-refractivity contribution in [1.82, 2.24) is 4.90 Å². The number of carbonyl (C=O) groups is 2. The summed E-state index contributed by atoms with van der Waals surface area (Å²) in [6, 6.07) is 12.4. The molecule has 34 heavy (non-hydrogen) atoms. The Labute approximate surface area is 199 Å². The number of quaternary nitrogens is 1. The molecule has 1 amide bonds. The van der Waals surface area contributed by atoms with Crippen molar-refractivity contribution in [2.24, 2.45) is 0 Å². The van der Waals surface area contributed by atoms with E-state index in [4.69, 9.17) is 9.47 Å². The van der Waals surface area contributed by atoms with E-state index < -0.39 is 17.7 Å². The number of hydrogen-bond acceptors (Lipinski definition) is 6. The van der Waals surface area contributed by atoms with Crippen LogP contribution in [-0.4, -0.2) is 72.3 Å². The summed E-state index contributed by atoms with van der Waals surface area (Å²) in [5.74, 6) is -0.842. The molecule has 8 nitrogen and oxygen atoms in total. The highest BCUT2D eigenvalue weighted by Gasteiger charge is 2.46. The van der Waals surface area contributed by atoms with Crippen LogP contribution in [0, 0.1) is 0 Å². The van der Waals surface area contributed by atoms with Crippen molar-refractivity contribution in [3.05, 3.63) is 65.2 Å². The fourth-order valence-electron chi connectivity index (χ4n) is 4.42. The number of rotatable bonds is 7. The minimum Gasteiger partial charge on any atom is -0.508 e. The Balaban J connectivity index is 1.69. The molecule has 0 radical (unpaired) electrons. The number of aromatic hydroxyl groups is 1. The third-order valence-electron chi connectivity index (χ3n) is 6.15. The van der Waals surface area contributed by atoms with Crippen LogP contribution in [0.15, 0.2) is 54.1 Å². The molecule has 2 heterocycles. The first-order valence-electron chi connectivity index (χ1n) is 11.6. The van der Waals surface area contributed by atoms with Gasteiger partial charge >= 0.3 is 0 Å². The molecule has 8 heteroatoms. The topological polar surface area (TPSA) is 101 Å². The lowest BCUT2D eigenvalue weighted by Gasteiger charge is -2.29. The van der Waals surface area contributed by atoms with Gasteiger partial charge in [0.25, 0.3) is 11.7 Å². The molecule has 1 atom stereocenters. The quantitative estimate of drug-likeness (QED) is 0.324. The predicted octanol–water partition coefficient (Wildman–Crippen LogP) is 1.52. The second-order valence-corrected chi connectivity index (χ2v) is 8.89. The summed E-state index contributed by atoms with van der Waals surface area (Å²) in [6.07, 6.45) is 0.00728. The number of aliphatic hydroxyl groups is 1. The minimum absolute atomic E-state index is 0.00728. The Morgan fingerprint density at radius 1 is 1.09 bits per heavy atom. The van der Waals surface area contributed by atoms with Crippen LogP contribution in [0.4, 0.5) is 0 Å². The SMILES string of the molecule is CC(C)Oc1ccc(C(O)=C2C(=O)C(=O)N(CC[NH+]3CCOCC3)[C@@H]2c2ccc(O)cc2)cc1. The second-order valence-electron chi connectivity index (χ2n) is 8.89. The average molecular weight is 468 g/mol. The summed E-state index contributed by atoms with van der Waals surface area (Å²) in [5.41, 5.74) is 1.12. The first-order valence-corrected chi connectivity index (χ1v) is 11.6. The molecule has 0 bridgehead atoms. The van der Waals surface area contributed by atoms with Gasteiger partial charge < -0.3 is 29.5 Å². The van der Waals surface area contributed by atoms with Crippen LogP contribution in [0.1, 0.15) is 31.0 Å². The molecular weight excluding hydrogens is 436 g/mol. The van der Waals surface area contributed by atoms with Crippen LogP contribution in [0.3, 0.4) is 0 Å². The van der Waals surface area contributed by atoms with E-state index in [-0.39, 0.29) is 23.2 Å². The maximum Gasteiger partial charge on any atom is 0.295 e. The Hall–Kier alpha value is -3.36. The van der Waals surface area contributed by atoms with Gasteiger partial charge in [-0.1, -0.05) is 12.1 Å². The highest BCUT2D eigenvalue weighted by Crippen LogP contribution is 2.39. The van der Waals surface area contributed by atoms with Crippen LogP contribution >= 0.6 is 0 Å². The van der Waals surface area contributed by atoms with Crippen molar-refractivity contribution < 1.29 is 34.2 Å². The van der Waals surface area contributed by atoms with Crippen LogP contribution in [0.2, 0.25) is 0 Å². The summed E-state index contributed by atoms with van der Waals surface area (Å²) in [6.45, 7) is 7.92. The van der Waals surface area contributed by atoms with Crippen molar-refractivity contribution in [3.8, 4) is 11.5 Å². The van der Waals surface area contributed by atoms with Gasteiger partial charge in [0, 0.05) is 5.56 Å². The van der Waals surface area contributed by atoms with Gasteiger partial charge in [0.1, 0.15) is 30.3 Å². The summed E-state index contributed by atoms with van der Waals surface area (Å²) in [4.78, 5) is 29.0. The van der Waals surface area contributed by atoms with E-state index in [1.807, 2.05) is 13.8 Å². The number of amides is 1. The zero-order valence-electron chi connectivity index (χ0n) is 19.5. The number of nitrogens with zero attached hydrogens (tertiary/aromatic N) is 1. The van der Waals surface area contributed by atoms with Gasteiger partial charge in [-0.3, -0.25) is 9.59 Å². The van der Waals surface area contributed by atoms with Crippen molar-refractivity contribution in [1.29, 1.82) is 0 Å². The van der Waals surface area contributed by atoms with Gasteiger partial charge in [-0.05, 0) is 55.8 Å². The number of nitrogens with one attached hydrogen (secondary N) is 1. The zero-order chi connectivity index (χ0) is 24.2. The van der Waals surface area contributed by atoms with Crippen molar-refractivity contribution in [2.75, 3.05) is 39.4 Å². The van der Waals surface area contributed by atoms with Crippen molar-refractivity contribution >= 4 is 17.4 Å². The lowest BCUT2D eigenvalue weighted by atomic mass is 9.95. The average Bonchev–Trinajstić information content (AvgIpc) is 3.08. The van der Waals surface area contributed by atoms with E-state index in [0.717, 1.165) is 13.1 Å². The Morgan fingerprint density at radius 2 is 1.74 bits per heavy atom. The number of phenols is 1. The van der Waals surface area contributed by atoms with Gasteiger partial charge in [0.2, 0.25) is 0 Å².